The Kier molecular flexibility index (Phi) is 4.20. The van der Waals surface area contributed by atoms with E-state index in [1.165, 1.54) is 29.5 Å². The van der Waals surface area contributed by atoms with Crippen LogP contribution in [-0.4, -0.2) is 18.5 Å². The molecule has 0 amide bonds. The summed E-state index contributed by atoms with van der Waals surface area (Å²) in [4.78, 5) is 17.0. The largest absolute Gasteiger partial charge is 0.435 e. The number of aliphatic imine (C=N–C) groups is 1. The van der Waals surface area contributed by atoms with Crippen molar-refractivity contribution < 1.29 is 23.0 Å². The van der Waals surface area contributed by atoms with Gasteiger partial charge in [-0.2, -0.15) is 8.78 Å². The molecule has 4 nitrogen and oxygen atoms in total. The van der Waals surface area contributed by atoms with Crippen LogP contribution in [0.2, 0.25) is 0 Å². The fourth-order valence-electron chi connectivity index (χ4n) is 1.99. The third-order valence-corrected chi connectivity index (χ3v) is 4.06. The maximum atomic E-state index is 12.3. The smallest absolute Gasteiger partial charge is 0.387 e. The number of alkyl halides is 2. The molecule has 3 rings (SSSR count). The number of halogens is 2. The number of rotatable bonds is 4. The number of carbonyl (C=O) groups excluding carboxylic acids is 1. The first-order valence-electron chi connectivity index (χ1n) is 6.65. The number of nitrogens with zero attached hydrogens (tertiary/aromatic N) is 1. The van der Waals surface area contributed by atoms with E-state index in [0.29, 0.717) is 5.56 Å². The highest BCUT2D eigenvalue weighted by Crippen LogP contribution is 2.25. The van der Waals surface area contributed by atoms with E-state index in [2.05, 4.69) is 9.73 Å². The van der Waals surface area contributed by atoms with Crippen LogP contribution in [0.15, 0.2) is 46.4 Å². The third kappa shape index (κ3) is 3.45. The van der Waals surface area contributed by atoms with Gasteiger partial charge in [-0.1, -0.05) is 6.07 Å². The van der Waals surface area contributed by atoms with Crippen molar-refractivity contribution in [3.63, 3.8) is 0 Å². The van der Waals surface area contributed by atoms with E-state index in [1.54, 1.807) is 12.1 Å². The number of esters is 1. The van der Waals surface area contributed by atoms with Crippen molar-refractivity contribution in [3.05, 3.63) is 57.4 Å². The molecule has 2 aromatic rings. The Bertz CT molecular complexity index is 811. The van der Waals surface area contributed by atoms with Crippen LogP contribution in [0.3, 0.4) is 0 Å². The molecule has 0 bridgehead atoms. The highest BCUT2D eigenvalue weighted by atomic mass is 32.1. The number of ether oxygens (including phenoxy) is 2. The Hall–Kier alpha value is -2.54. The molecule has 2 heterocycles. The van der Waals surface area contributed by atoms with Crippen molar-refractivity contribution >= 4 is 29.3 Å². The molecule has 0 spiro atoms. The lowest BCUT2D eigenvalue weighted by Gasteiger charge is -2.05. The van der Waals surface area contributed by atoms with Gasteiger partial charge >= 0.3 is 12.6 Å². The highest BCUT2D eigenvalue weighted by molar-refractivity contribution is 7.11. The molecule has 1 aliphatic heterocycles. The zero-order valence-electron chi connectivity index (χ0n) is 12.0. The van der Waals surface area contributed by atoms with Crippen LogP contribution in [0.1, 0.15) is 16.0 Å². The Morgan fingerprint density at radius 1 is 1.35 bits per heavy atom. The maximum Gasteiger partial charge on any atom is 0.387 e. The first-order valence-corrected chi connectivity index (χ1v) is 7.53. The Labute approximate surface area is 134 Å². The average molecular weight is 335 g/mol. The first kappa shape index (κ1) is 15.4. The van der Waals surface area contributed by atoms with Crippen LogP contribution in [0.4, 0.5) is 8.78 Å². The monoisotopic (exact) mass is 335 g/mol. The van der Waals surface area contributed by atoms with Crippen molar-refractivity contribution in [2.24, 2.45) is 4.99 Å². The van der Waals surface area contributed by atoms with Crippen LogP contribution < -0.4 is 4.74 Å². The van der Waals surface area contributed by atoms with Gasteiger partial charge < -0.3 is 9.47 Å². The summed E-state index contributed by atoms with van der Waals surface area (Å²) in [6.07, 6.45) is 1.65. The van der Waals surface area contributed by atoms with Gasteiger partial charge in [0.1, 0.15) is 5.75 Å². The van der Waals surface area contributed by atoms with Gasteiger partial charge in [0.15, 0.2) is 5.70 Å². The molecule has 0 saturated heterocycles. The van der Waals surface area contributed by atoms with Crippen molar-refractivity contribution in [2.75, 3.05) is 0 Å². The summed E-state index contributed by atoms with van der Waals surface area (Å²) in [7, 11) is 0. The predicted octanol–water partition coefficient (Wildman–Crippen LogP) is 4.00. The molecule has 1 aliphatic rings. The number of thiophene rings is 1. The summed E-state index contributed by atoms with van der Waals surface area (Å²) in [5.74, 6) is -0.536. The van der Waals surface area contributed by atoms with E-state index in [-0.39, 0.29) is 17.3 Å². The van der Waals surface area contributed by atoms with Crippen molar-refractivity contribution in [2.45, 2.75) is 13.5 Å². The fourth-order valence-corrected chi connectivity index (χ4v) is 2.85. The second kappa shape index (κ2) is 6.29. The van der Waals surface area contributed by atoms with Gasteiger partial charge in [-0.3, -0.25) is 0 Å². The van der Waals surface area contributed by atoms with Crippen LogP contribution in [-0.2, 0) is 9.53 Å². The summed E-state index contributed by atoms with van der Waals surface area (Å²) in [6, 6.07) is 7.79. The van der Waals surface area contributed by atoms with Crippen LogP contribution >= 0.6 is 11.3 Å². The standard InChI is InChI=1S/C16H11F2NO3S/c1-9-5-6-23-13(9)8-12-15(20)22-14(19-12)10-3-2-4-11(7-10)21-16(17)18/h2-8,16H,1H3/b12-8-. The molecule has 0 aliphatic carbocycles. The van der Waals surface area contributed by atoms with Gasteiger partial charge in [-0.15, -0.1) is 11.3 Å². The summed E-state index contributed by atoms with van der Waals surface area (Å²) in [5.41, 5.74) is 1.60. The molecule has 0 radical (unpaired) electrons. The normalized spacial score (nSPS) is 15.9. The molecular formula is C16H11F2NO3S. The quantitative estimate of drug-likeness (QED) is 0.627. The van der Waals surface area contributed by atoms with Crippen molar-refractivity contribution in [1.29, 1.82) is 0 Å². The molecule has 0 unspecified atom stereocenters. The average Bonchev–Trinajstić information content (AvgIpc) is 3.06. The number of aryl methyl sites for hydroxylation is 1. The number of cyclic esters (lactones) is 1. The molecule has 118 valence electrons. The molecule has 23 heavy (non-hydrogen) atoms. The number of benzene rings is 1. The van der Waals surface area contributed by atoms with E-state index in [0.717, 1.165) is 10.4 Å². The second-order valence-corrected chi connectivity index (χ2v) is 5.66. The Balaban J connectivity index is 1.90. The lowest BCUT2D eigenvalue weighted by Crippen LogP contribution is -2.07. The molecule has 1 aromatic heterocycles. The summed E-state index contributed by atoms with van der Waals surface area (Å²) in [5, 5.41) is 1.91. The predicted molar refractivity (Wildman–Crippen MR) is 82.7 cm³/mol. The summed E-state index contributed by atoms with van der Waals surface area (Å²) in [6.45, 7) is -0.991. The Morgan fingerprint density at radius 2 is 2.17 bits per heavy atom. The zero-order valence-corrected chi connectivity index (χ0v) is 12.8. The SMILES string of the molecule is Cc1ccsc1/C=C1\N=C(c2cccc(OC(F)F)c2)OC1=O. The van der Waals surface area contributed by atoms with E-state index in [1.807, 2.05) is 18.4 Å². The van der Waals surface area contributed by atoms with Crippen LogP contribution in [0, 0.1) is 6.92 Å². The molecule has 7 heteroatoms. The number of hydrogen-bond acceptors (Lipinski definition) is 5. The van der Waals surface area contributed by atoms with Crippen LogP contribution in [0.25, 0.3) is 6.08 Å². The maximum absolute atomic E-state index is 12.3. The van der Waals surface area contributed by atoms with Gasteiger partial charge in [0.05, 0.1) is 0 Å². The van der Waals surface area contributed by atoms with E-state index >= 15 is 0 Å². The number of carbonyl (C=O) groups is 1. The summed E-state index contributed by atoms with van der Waals surface area (Å²) >= 11 is 1.49. The van der Waals surface area contributed by atoms with E-state index in [4.69, 9.17) is 4.74 Å². The molecule has 0 fully saturated rings. The molecule has 0 N–H and O–H groups in total. The highest BCUT2D eigenvalue weighted by Gasteiger charge is 2.25. The molecule has 0 saturated carbocycles. The van der Waals surface area contributed by atoms with Crippen molar-refractivity contribution in [1.82, 2.24) is 0 Å². The molecular weight excluding hydrogens is 324 g/mol. The zero-order chi connectivity index (χ0) is 16.4. The second-order valence-electron chi connectivity index (χ2n) is 4.71. The first-order chi connectivity index (χ1) is 11.0. The summed E-state index contributed by atoms with van der Waals surface area (Å²) < 4.78 is 34.0. The fraction of sp³-hybridized carbons (Fsp3) is 0.125. The minimum atomic E-state index is -2.92. The molecule has 1 aromatic carbocycles. The van der Waals surface area contributed by atoms with E-state index in [9.17, 15) is 13.6 Å². The minimum Gasteiger partial charge on any atom is -0.435 e. The van der Waals surface area contributed by atoms with E-state index < -0.39 is 12.6 Å². The Morgan fingerprint density at radius 3 is 2.87 bits per heavy atom. The lowest BCUT2D eigenvalue weighted by atomic mass is 10.2. The van der Waals surface area contributed by atoms with Gasteiger partial charge in [-0.25, -0.2) is 9.79 Å². The minimum absolute atomic E-state index is 0.0252. The third-order valence-electron chi connectivity index (χ3n) is 3.10. The lowest BCUT2D eigenvalue weighted by molar-refractivity contribution is -0.129. The number of hydrogen-bond donors (Lipinski definition) is 0. The van der Waals surface area contributed by atoms with Gasteiger partial charge in [0.25, 0.3) is 0 Å². The van der Waals surface area contributed by atoms with Crippen LogP contribution in [0.5, 0.6) is 5.75 Å². The molecule has 0 atom stereocenters. The van der Waals surface area contributed by atoms with Gasteiger partial charge in [-0.05, 0) is 48.2 Å². The van der Waals surface area contributed by atoms with Gasteiger partial charge in [0, 0.05) is 10.4 Å². The topological polar surface area (TPSA) is 47.9 Å². The van der Waals surface area contributed by atoms with Crippen molar-refractivity contribution in [3.8, 4) is 5.75 Å². The van der Waals surface area contributed by atoms with Gasteiger partial charge in [0.2, 0.25) is 5.90 Å².